The fraction of sp³-hybridized carbons (Fsp3) is 0.476. The predicted molar refractivity (Wildman–Crippen MR) is 113 cm³/mol. The Hall–Kier alpha value is -2.00. The van der Waals surface area contributed by atoms with E-state index in [1.807, 2.05) is 27.0 Å². The molecule has 29 heavy (non-hydrogen) atoms. The minimum Gasteiger partial charge on any atom is -0.390 e. The van der Waals surface area contributed by atoms with E-state index in [4.69, 9.17) is 4.55 Å². The standard InChI is InChI=1S/C14H21N3O.C7H8O3S/c1-14(2,18)12-8-17(9-12)13-4-3-10(7-16-13)11-5-15-6-11;1-6-2-4-7(5-3-6)11(8,9)10/h3-4,7,11-12,15,18H,5-6,8-9H2,1-2H3;2-5H,1H3,(H,8,9,10). The summed E-state index contributed by atoms with van der Waals surface area (Å²) in [5, 5.41) is 13.2. The molecule has 158 valence electrons. The quantitative estimate of drug-likeness (QED) is 0.653. The van der Waals surface area contributed by atoms with Crippen molar-refractivity contribution in [2.75, 3.05) is 31.1 Å². The number of nitrogens with zero attached hydrogens (tertiary/aromatic N) is 2. The Labute approximate surface area is 172 Å². The molecular formula is C21H29N3O4S. The van der Waals surface area contributed by atoms with E-state index in [1.165, 1.54) is 17.7 Å². The number of pyridine rings is 1. The monoisotopic (exact) mass is 419 g/mol. The van der Waals surface area contributed by atoms with Crippen molar-refractivity contribution in [3.8, 4) is 0 Å². The fourth-order valence-corrected chi connectivity index (χ4v) is 3.65. The molecule has 2 saturated heterocycles. The number of hydrogen-bond donors (Lipinski definition) is 3. The molecule has 0 saturated carbocycles. The van der Waals surface area contributed by atoms with E-state index >= 15 is 0 Å². The van der Waals surface area contributed by atoms with Crippen molar-refractivity contribution < 1.29 is 18.1 Å². The van der Waals surface area contributed by atoms with Gasteiger partial charge in [0.15, 0.2) is 0 Å². The topological polar surface area (TPSA) is 103 Å². The summed E-state index contributed by atoms with van der Waals surface area (Å²) in [6.45, 7) is 9.57. The largest absolute Gasteiger partial charge is 0.390 e. The number of rotatable bonds is 4. The fourth-order valence-electron chi connectivity index (χ4n) is 3.17. The highest BCUT2D eigenvalue weighted by Crippen LogP contribution is 2.31. The molecule has 0 radical (unpaired) electrons. The van der Waals surface area contributed by atoms with Gasteiger partial charge in [-0.15, -0.1) is 0 Å². The first-order chi connectivity index (χ1) is 13.5. The second kappa shape index (κ2) is 8.39. The SMILES string of the molecule is CC(C)(O)C1CN(c2ccc(C3CNC3)cn2)C1.Cc1ccc(S(=O)(=O)O)cc1. The van der Waals surface area contributed by atoms with Crippen LogP contribution in [0.15, 0.2) is 47.5 Å². The maximum absolute atomic E-state index is 10.5. The summed E-state index contributed by atoms with van der Waals surface area (Å²) in [5.74, 6) is 2.04. The lowest BCUT2D eigenvalue weighted by atomic mass is 9.84. The van der Waals surface area contributed by atoms with Crippen molar-refractivity contribution in [3.63, 3.8) is 0 Å². The third-order valence-electron chi connectivity index (χ3n) is 5.55. The minimum absolute atomic E-state index is 0.0666. The van der Waals surface area contributed by atoms with Crippen LogP contribution in [-0.4, -0.2) is 54.8 Å². The number of aryl methyl sites for hydroxylation is 1. The van der Waals surface area contributed by atoms with Crippen LogP contribution in [0.3, 0.4) is 0 Å². The zero-order chi connectivity index (χ0) is 21.2. The number of aliphatic hydroxyl groups is 1. The Morgan fingerprint density at radius 3 is 2.14 bits per heavy atom. The lowest BCUT2D eigenvalue weighted by Crippen LogP contribution is -2.56. The lowest BCUT2D eigenvalue weighted by molar-refractivity contribution is 0.00438. The van der Waals surface area contributed by atoms with Gasteiger partial charge in [-0.2, -0.15) is 8.42 Å². The predicted octanol–water partition coefficient (Wildman–Crippen LogP) is 2.22. The Morgan fingerprint density at radius 1 is 1.10 bits per heavy atom. The van der Waals surface area contributed by atoms with Gasteiger partial charge in [0, 0.05) is 44.2 Å². The number of nitrogens with one attached hydrogen (secondary N) is 1. The molecule has 0 aliphatic carbocycles. The van der Waals surface area contributed by atoms with E-state index in [9.17, 15) is 13.5 Å². The number of hydrogen-bond acceptors (Lipinski definition) is 6. The van der Waals surface area contributed by atoms with Crippen LogP contribution in [0.1, 0.15) is 30.9 Å². The summed E-state index contributed by atoms with van der Waals surface area (Å²) in [5.41, 5.74) is 1.71. The Balaban J connectivity index is 0.000000188. The molecule has 2 fully saturated rings. The highest BCUT2D eigenvalue weighted by atomic mass is 32.2. The molecule has 0 amide bonds. The Kier molecular flexibility index (Phi) is 6.28. The van der Waals surface area contributed by atoms with Crippen molar-refractivity contribution in [1.82, 2.24) is 10.3 Å². The van der Waals surface area contributed by atoms with Crippen LogP contribution in [0.5, 0.6) is 0 Å². The first-order valence-electron chi connectivity index (χ1n) is 9.72. The average molecular weight is 420 g/mol. The molecule has 0 unspecified atom stereocenters. The van der Waals surface area contributed by atoms with Crippen LogP contribution in [-0.2, 0) is 10.1 Å². The summed E-state index contributed by atoms with van der Waals surface area (Å²) in [4.78, 5) is 6.70. The van der Waals surface area contributed by atoms with Crippen molar-refractivity contribution in [2.24, 2.45) is 5.92 Å². The summed E-state index contributed by atoms with van der Waals surface area (Å²) < 4.78 is 29.6. The van der Waals surface area contributed by atoms with Crippen LogP contribution < -0.4 is 10.2 Å². The summed E-state index contributed by atoms with van der Waals surface area (Å²) >= 11 is 0. The molecule has 7 nitrogen and oxygen atoms in total. The molecule has 8 heteroatoms. The van der Waals surface area contributed by atoms with Gasteiger partial charge in [-0.3, -0.25) is 4.55 Å². The molecule has 0 atom stereocenters. The van der Waals surface area contributed by atoms with Crippen LogP contribution in [0.4, 0.5) is 5.82 Å². The summed E-state index contributed by atoms with van der Waals surface area (Å²) in [6.07, 6.45) is 2.00. The van der Waals surface area contributed by atoms with Gasteiger partial charge >= 0.3 is 0 Å². The molecule has 2 aromatic rings. The van der Waals surface area contributed by atoms with Crippen LogP contribution in [0.25, 0.3) is 0 Å². The number of aromatic nitrogens is 1. The summed E-state index contributed by atoms with van der Waals surface area (Å²) in [6, 6.07) is 10.3. The third-order valence-corrected chi connectivity index (χ3v) is 6.41. The van der Waals surface area contributed by atoms with Gasteiger partial charge in [-0.05, 0) is 44.5 Å². The van der Waals surface area contributed by atoms with Gasteiger partial charge < -0.3 is 15.3 Å². The van der Waals surface area contributed by atoms with Crippen LogP contribution >= 0.6 is 0 Å². The normalized spacial score (nSPS) is 17.8. The molecule has 1 aromatic heterocycles. The maximum atomic E-state index is 10.5. The second-order valence-corrected chi connectivity index (χ2v) is 9.77. The first kappa shape index (κ1) is 21.7. The highest BCUT2D eigenvalue weighted by molar-refractivity contribution is 7.85. The van der Waals surface area contributed by atoms with E-state index in [-0.39, 0.29) is 4.90 Å². The van der Waals surface area contributed by atoms with Gasteiger partial charge in [0.05, 0.1) is 10.5 Å². The van der Waals surface area contributed by atoms with Crippen molar-refractivity contribution in [1.29, 1.82) is 0 Å². The lowest BCUT2D eigenvalue weighted by Gasteiger charge is -2.46. The number of anilines is 1. The minimum atomic E-state index is -4.02. The van der Waals surface area contributed by atoms with E-state index in [2.05, 4.69) is 27.3 Å². The third kappa shape index (κ3) is 5.54. The van der Waals surface area contributed by atoms with Gasteiger partial charge in [0.1, 0.15) is 5.82 Å². The van der Waals surface area contributed by atoms with Gasteiger partial charge in [0.2, 0.25) is 0 Å². The molecular weight excluding hydrogens is 390 g/mol. The molecule has 2 aliphatic heterocycles. The Morgan fingerprint density at radius 2 is 1.72 bits per heavy atom. The zero-order valence-corrected chi connectivity index (χ0v) is 17.9. The molecule has 0 bridgehead atoms. The van der Waals surface area contributed by atoms with Crippen molar-refractivity contribution in [2.45, 2.75) is 37.2 Å². The molecule has 1 aromatic carbocycles. The van der Waals surface area contributed by atoms with E-state index in [1.54, 1.807) is 12.1 Å². The molecule has 0 spiro atoms. The van der Waals surface area contributed by atoms with Crippen molar-refractivity contribution >= 4 is 15.9 Å². The Bertz CT molecular complexity index is 912. The van der Waals surface area contributed by atoms with E-state index < -0.39 is 15.7 Å². The first-order valence-corrected chi connectivity index (χ1v) is 11.2. The number of benzene rings is 1. The molecule has 2 aliphatic rings. The zero-order valence-electron chi connectivity index (χ0n) is 17.0. The van der Waals surface area contributed by atoms with Crippen LogP contribution in [0, 0.1) is 12.8 Å². The van der Waals surface area contributed by atoms with Gasteiger partial charge in [-0.1, -0.05) is 23.8 Å². The van der Waals surface area contributed by atoms with Crippen LogP contribution in [0.2, 0.25) is 0 Å². The van der Waals surface area contributed by atoms with E-state index in [0.717, 1.165) is 37.6 Å². The smallest absolute Gasteiger partial charge is 0.294 e. The van der Waals surface area contributed by atoms with Crippen molar-refractivity contribution in [3.05, 3.63) is 53.7 Å². The maximum Gasteiger partial charge on any atom is 0.294 e. The molecule has 3 N–H and O–H groups in total. The second-order valence-electron chi connectivity index (χ2n) is 8.35. The van der Waals surface area contributed by atoms with Gasteiger partial charge in [0.25, 0.3) is 10.1 Å². The van der Waals surface area contributed by atoms with Gasteiger partial charge in [-0.25, -0.2) is 4.98 Å². The van der Waals surface area contributed by atoms with E-state index in [0.29, 0.717) is 11.8 Å². The summed E-state index contributed by atoms with van der Waals surface area (Å²) in [7, 11) is -4.02. The molecule has 4 rings (SSSR count). The average Bonchev–Trinajstić information content (AvgIpc) is 2.52. The highest BCUT2D eigenvalue weighted by Gasteiger charge is 2.38. The molecule has 3 heterocycles.